The summed E-state index contributed by atoms with van der Waals surface area (Å²) in [6.45, 7) is 2.10. The Balaban J connectivity index is 1.86. The molecule has 0 saturated heterocycles. The Morgan fingerprint density at radius 2 is 1.83 bits per heavy atom. The lowest BCUT2D eigenvalue weighted by Crippen LogP contribution is -2.32. The molecule has 0 aliphatic carbocycles. The minimum absolute atomic E-state index is 0.0831. The summed E-state index contributed by atoms with van der Waals surface area (Å²) in [6.07, 6.45) is 1.76. The van der Waals surface area contributed by atoms with Gasteiger partial charge in [-0.25, -0.2) is 4.99 Å². The third-order valence-electron chi connectivity index (χ3n) is 4.93. The van der Waals surface area contributed by atoms with Gasteiger partial charge in [0, 0.05) is 30.4 Å². The summed E-state index contributed by atoms with van der Waals surface area (Å²) < 4.78 is 12.1. The first-order valence-corrected chi connectivity index (χ1v) is 7.97. The molecule has 0 radical (unpaired) electrons. The third-order valence-corrected chi connectivity index (χ3v) is 4.93. The van der Waals surface area contributed by atoms with Gasteiger partial charge in [0.15, 0.2) is 0 Å². The molecular weight excluding hydrogens is 302 g/mol. The van der Waals surface area contributed by atoms with E-state index in [0.717, 1.165) is 38.5 Å². The highest BCUT2D eigenvalue weighted by Gasteiger charge is 2.29. The molecule has 0 bridgehead atoms. The van der Waals surface area contributed by atoms with Gasteiger partial charge < -0.3 is 8.83 Å². The van der Waals surface area contributed by atoms with Crippen molar-refractivity contribution in [2.24, 2.45) is 4.99 Å². The van der Waals surface area contributed by atoms with Crippen LogP contribution in [-0.4, -0.2) is 30.5 Å². The van der Waals surface area contributed by atoms with E-state index in [1.807, 2.05) is 43.6 Å². The fraction of sp³-hybridized carbons (Fsp3) is 0.211. The lowest BCUT2D eigenvalue weighted by molar-refractivity contribution is 0.0862. The van der Waals surface area contributed by atoms with Crippen LogP contribution in [0.15, 0.2) is 50.2 Å². The van der Waals surface area contributed by atoms with Crippen molar-refractivity contribution in [2.45, 2.75) is 13.1 Å². The summed E-state index contributed by atoms with van der Waals surface area (Å²) in [5.74, 6) is 0.580. The van der Waals surface area contributed by atoms with Crippen LogP contribution in [0.3, 0.4) is 0 Å². The predicted molar refractivity (Wildman–Crippen MR) is 95.0 cm³/mol. The lowest BCUT2D eigenvalue weighted by Gasteiger charge is -2.25. The van der Waals surface area contributed by atoms with Gasteiger partial charge in [-0.2, -0.15) is 5.01 Å². The van der Waals surface area contributed by atoms with Gasteiger partial charge in [0.2, 0.25) is 0 Å². The number of furan rings is 2. The molecule has 1 unspecified atom stereocenters. The van der Waals surface area contributed by atoms with Gasteiger partial charge in [-0.15, -0.1) is 0 Å². The van der Waals surface area contributed by atoms with Crippen molar-refractivity contribution >= 4 is 39.4 Å². The summed E-state index contributed by atoms with van der Waals surface area (Å²) in [7, 11) is 4.01. The van der Waals surface area contributed by atoms with Gasteiger partial charge in [-0.3, -0.25) is 5.01 Å². The van der Waals surface area contributed by atoms with Crippen LogP contribution in [0, 0.1) is 6.92 Å². The maximum Gasteiger partial charge on any atom is 0.299 e. The summed E-state index contributed by atoms with van der Waals surface area (Å²) in [5.41, 5.74) is 3.96. The Labute approximate surface area is 138 Å². The molecule has 24 heavy (non-hydrogen) atoms. The van der Waals surface area contributed by atoms with Crippen LogP contribution in [0.2, 0.25) is 0 Å². The molecule has 2 aromatic carbocycles. The molecule has 2 aromatic heterocycles. The Kier molecular flexibility index (Phi) is 2.62. The summed E-state index contributed by atoms with van der Waals surface area (Å²) in [4.78, 5) is 4.63. The maximum atomic E-state index is 6.16. The highest BCUT2D eigenvalue weighted by atomic mass is 16.5. The zero-order chi connectivity index (χ0) is 16.4. The van der Waals surface area contributed by atoms with E-state index in [-0.39, 0.29) is 6.17 Å². The Hall–Kier alpha value is -2.79. The lowest BCUT2D eigenvalue weighted by atomic mass is 10.0. The van der Waals surface area contributed by atoms with Gasteiger partial charge >= 0.3 is 0 Å². The van der Waals surface area contributed by atoms with E-state index in [1.165, 1.54) is 0 Å². The smallest absolute Gasteiger partial charge is 0.299 e. The number of hydrogen-bond donors (Lipinski definition) is 0. The van der Waals surface area contributed by atoms with Crippen LogP contribution in [0.1, 0.15) is 17.3 Å². The standard InChI is InChI=1S/C19H17N3O2/c1-11-8-9-13-16-12-6-4-5-7-14(12)23-19(16)24-17(13)15(11)18-20-10-21(2)22(18)3/h4-10,18H,1-3H3. The third kappa shape index (κ3) is 1.65. The molecule has 120 valence electrons. The fourth-order valence-corrected chi connectivity index (χ4v) is 3.54. The quantitative estimate of drug-likeness (QED) is 0.519. The van der Waals surface area contributed by atoms with E-state index in [0.29, 0.717) is 5.78 Å². The number of nitrogens with zero attached hydrogens (tertiary/aromatic N) is 3. The molecule has 0 saturated carbocycles. The average molecular weight is 319 g/mol. The molecule has 1 atom stereocenters. The zero-order valence-corrected chi connectivity index (χ0v) is 13.8. The first-order chi connectivity index (χ1) is 11.6. The van der Waals surface area contributed by atoms with Crippen molar-refractivity contribution in [3.05, 3.63) is 47.5 Å². The summed E-state index contributed by atoms with van der Waals surface area (Å²) in [5, 5.41) is 7.27. The Bertz CT molecular complexity index is 1120. The van der Waals surface area contributed by atoms with Crippen molar-refractivity contribution in [1.82, 2.24) is 10.0 Å². The minimum atomic E-state index is -0.0831. The van der Waals surface area contributed by atoms with Gasteiger partial charge in [-0.05, 0) is 18.6 Å². The zero-order valence-electron chi connectivity index (χ0n) is 13.8. The van der Waals surface area contributed by atoms with Crippen LogP contribution in [0.4, 0.5) is 0 Å². The Morgan fingerprint density at radius 3 is 2.62 bits per heavy atom. The number of benzene rings is 2. The molecular formula is C19H17N3O2. The molecule has 0 fully saturated rings. The largest absolute Gasteiger partial charge is 0.425 e. The van der Waals surface area contributed by atoms with E-state index < -0.39 is 0 Å². The molecule has 5 nitrogen and oxygen atoms in total. The van der Waals surface area contributed by atoms with Gasteiger partial charge in [-0.1, -0.05) is 30.3 Å². The van der Waals surface area contributed by atoms with E-state index in [9.17, 15) is 0 Å². The maximum absolute atomic E-state index is 6.16. The van der Waals surface area contributed by atoms with Gasteiger partial charge in [0.25, 0.3) is 5.78 Å². The van der Waals surface area contributed by atoms with Crippen LogP contribution in [0.25, 0.3) is 33.1 Å². The van der Waals surface area contributed by atoms with E-state index >= 15 is 0 Å². The highest BCUT2D eigenvalue weighted by Crippen LogP contribution is 2.42. The van der Waals surface area contributed by atoms with Crippen molar-refractivity contribution < 1.29 is 8.83 Å². The van der Waals surface area contributed by atoms with Gasteiger partial charge in [0.05, 0.1) is 5.39 Å². The van der Waals surface area contributed by atoms with Crippen LogP contribution in [0.5, 0.6) is 0 Å². The monoisotopic (exact) mass is 319 g/mol. The summed E-state index contributed by atoms with van der Waals surface area (Å²) >= 11 is 0. The molecule has 3 heterocycles. The minimum Gasteiger partial charge on any atom is -0.425 e. The van der Waals surface area contributed by atoms with E-state index in [4.69, 9.17) is 8.83 Å². The van der Waals surface area contributed by atoms with Crippen LogP contribution < -0.4 is 0 Å². The summed E-state index contributed by atoms with van der Waals surface area (Å²) in [6, 6.07) is 12.3. The molecule has 5 heteroatoms. The molecule has 5 rings (SSSR count). The SMILES string of the molecule is Cc1ccc2c(oc3oc4ccccc4c32)c1C1N=CN(C)N1C. The number of hydrogen-bond acceptors (Lipinski definition) is 5. The predicted octanol–water partition coefficient (Wildman–Crippen LogP) is 4.46. The second-order valence-corrected chi connectivity index (χ2v) is 6.32. The Morgan fingerprint density at radius 1 is 1.00 bits per heavy atom. The number of hydrazine groups is 1. The topological polar surface area (TPSA) is 45.1 Å². The average Bonchev–Trinajstić information content (AvgIpc) is 3.21. The molecule has 0 amide bonds. The second kappa shape index (κ2) is 4.61. The van der Waals surface area contributed by atoms with Crippen LogP contribution >= 0.6 is 0 Å². The number of para-hydroxylation sites is 1. The molecule has 1 aliphatic rings. The second-order valence-electron chi connectivity index (χ2n) is 6.32. The molecule has 4 aromatic rings. The molecule has 0 N–H and O–H groups in total. The van der Waals surface area contributed by atoms with Crippen molar-refractivity contribution in [2.75, 3.05) is 14.1 Å². The fourth-order valence-electron chi connectivity index (χ4n) is 3.54. The van der Waals surface area contributed by atoms with Crippen molar-refractivity contribution in [3.63, 3.8) is 0 Å². The van der Waals surface area contributed by atoms with Crippen molar-refractivity contribution in [1.29, 1.82) is 0 Å². The van der Waals surface area contributed by atoms with E-state index in [1.54, 1.807) is 0 Å². The molecule has 0 spiro atoms. The number of aliphatic imine (C=N–C) groups is 1. The highest BCUT2D eigenvalue weighted by molar-refractivity contribution is 6.17. The molecule has 1 aliphatic heterocycles. The van der Waals surface area contributed by atoms with Crippen LogP contribution in [-0.2, 0) is 0 Å². The first-order valence-electron chi connectivity index (χ1n) is 7.97. The van der Waals surface area contributed by atoms with Crippen molar-refractivity contribution in [3.8, 4) is 0 Å². The van der Waals surface area contributed by atoms with E-state index in [2.05, 4.69) is 35.1 Å². The number of fused-ring (bicyclic) bond motifs is 5. The normalized spacial score (nSPS) is 18.6. The van der Waals surface area contributed by atoms with Gasteiger partial charge in [0.1, 0.15) is 23.7 Å². The number of aryl methyl sites for hydroxylation is 1. The number of rotatable bonds is 1. The first kappa shape index (κ1) is 13.6.